The first-order valence-electron chi connectivity index (χ1n) is 14.6. The van der Waals surface area contributed by atoms with Gasteiger partial charge in [0.05, 0.1) is 29.4 Å². The highest BCUT2D eigenvalue weighted by atomic mass is 35.5. The van der Waals surface area contributed by atoms with Crippen LogP contribution in [0.15, 0.2) is 71.3 Å². The molecule has 0 bridgehead atoms. The van der Waals surface area contributed by atoms with E-state index < -0.39 is 0 Å². The van der Waals surface area contributed by atoms with Gasteiger partial charge in [0.15, 0.2) is 23.0 Å². The lowest BCUT2D eigenvalue weighted by molar-refractivity contribution is 0.104. The predicted octanol–water partition coefficient (Wildman–Crippen LogP) is 6.54. The Hall–Kier alpha value is -4.73. The first kappa shape index (κ1) is 26.9. The zero-order valence-corrected chi connectivity index (χ0v) is 24.8. The van der Waals surface area contributed by atoms with Crippen LogP contribution in [0, 0.1) is 0 Å². The summed E-state index contributed by atoms with van der Waals surface area (Å²) >= 11 is 6.29. The van der Waals surface area contributed by atoms with Crippen molar-refractivity contribution in [1.29, 1.82) is 0 Å². The number of anilines is 3. The summed E-state index contributed by atoms with van der Waals surface area (Å²) in [7, 11) is 1.68. The molecule has 10 heteroatoms. The van der Waals surface area contributed by atoms with E-state index in [2.05, 4.69) is 20.3 Å². The molecular weight excluding hydrogens is 580 g/mol. The average molecular weight is 609 g/mol. The number of carbonyl (C=O) groups excluding carboxylic acids is 1. The van der Waals surface area contributed by atoms with Crippen LogP contribution in [0.4, 0.5) is 17.1 Å². The number of nitrogens with zero attached hydrogens (tertiary/aromatic N) is 3. The molecular formula is C34H29ClN4O5. The van der Waals surface area contributed by atoms with Crippen molar-refractivity contribution in [3.63, 3.8) is 0 Å². The smallest absolute Gasteiger partial charge is 0.196 e. The summed E-state index contributed by atoms with van der Waals surface area (Å²) in [5.41, 5.74) is 6.07. The Morgan fingerprint density at radius 2 is 1.73 bits per heavy atom. The summed E-state index contributed by atoms with van der Waals surface area (Å²) in [6, 6.07) is 21.0. The Morgan fingerprint density at radius 3 is 2.55 bits per heavy atom. The minimum atomic E-state index is -0.0619. The Kier molecular flexibility index (Phi) is 6.57. The maximum absolute atomic E-state index is 14.0. The van der Waals surface area contributed by atoms with Gasteiger partial charge in [-0.1, -0.05) is 41.0 Å². The second-order valence-corrected chi connectivity index (χ2v) is 11.6. The number of fused-ring (bicyclic) bond motifs is 3. The first-order chi connectivity index (χ1) is 21.6. The van der Waals surface area contributed by atoms with Crippen LogP contribution < -0.4 is 24.4 Å². The molecule has 0 radical (unpaired) electrons. The molecule has 9 nitrogen and oxygen atoms in total. The normalized spacial score (nSPS) is 15.8. The Bertz CT molecular complexity index is 1930. The van der Waals surface area contributed by atoms with E-state index >= 15 is 0 Å². The number of benzene rings is 4. The van der Waals surface area contributed by atoms with Gasteiger partial charge in [-0.2, -0.15) is 0 Å². The summed E-state index contributed by atoms with van der Waals surface area (Å²) < 4.78 is 23.1. The summed E-state index contributed by atoms with van der Waals surface area (Å²) in [5.74, 6) is 2.76. The molecule has 0 amide bonds. The van der Waals surface area contributed by atoms with E-state index in [-0.39, 0.29) is 5.78 Å². The van der Waals surface area contributed by atoms with Gasteiger partial charge in [-0.05, 0) is 36.4 Å². The Morgan fingerprint density at radius 1 is 0.932 bits per heavy atom. The molecule has 1 saturated heterocycles. The van der Waals surface area contributed by atoms with Crippen LogP contribution in [-0.2, 0) is 6.54 Å². The molecule has 2 aliphatic heterocycles. The van der Waals surface area contributed by atoms with Gasteiger partial charge in [0.1, 0.15) is 24.5 Å². The van der Waals surface area contributed by atoms with Crippen molar-refractivity contribution in [2.24, 2.45) is 0 Å². The third-order valence-corrected chi connectivity index (χ3v) is 8.78. The van der Waals surface area contributed by atoms with E-state index in [1.54, 1.807) is 7.11 Å². The van der Waals surface area contributed by atoms with Crippen LogP contribution in [0.2, 0.25) is 5.02 Å². The van der Waals surface area contributed by atoms with Gasteiger partial charge in [0, 0.05) is 66.2 Å². The molecule has 0 atom stereocenters. The van der Waals surface area contributed by atoms with Crippen molar-refractivity contribution in [2.75, 3.05) is 56.7 Å². The van der Waals surface area contributed by atoms with Crippen molar-refractivity contribution in [1.82, 2.24) is 10.1 Å². The fraction of sp³-hybridized carbons (Fsp3) is 0.235. The zero-order chi connectivity index (χ0) is 29.8. The maximum Gasteiger partial charge on any atom is 0.196 e. The highest BCUT2D eigenvalue weighted by Gasteiger charge is 2.34. The van der Waals surface area contributed by atoms with Gasteiger partial charge in [-0.3, -0.25) is 9.69 Å². The molecule has 8 rings (SSSR count). The van der Waals surface area contributed by atoms with E-state index in [1.807, 2.05) is 66.7 Å². The Labute approximate surface area is 258 Å². The molecule has 3 heterocycles. The van der Waals surface area contributed by atoms with Crippen LogP contribution in [-0.4, -0.2) is 62.3 Å². The van der Waals surface area contributed by atoms with E-state index in [9.17, 15) is 4.79 Å². The highest BCUT2D eigenvalue weighted by Crippen LogP contribution is 2.47. The number of rotatable bonds is 6. The zero-order valence-electron chi connectivity index (χ0n) is 24.1. The van der Waals surface area contributed by atoms with Gasteiger partial charge in [0.2, 0.25) is 0 Å². The summed E-state index contributed by atoms with van der Waals surface area (Å²) in [4.78, 5) is 18.7. The number of nitrogens with one attached hydrogen (secondary N) is 1. The minimum absolute atomic E-state index is 0.0619. The lowest BCUT2D eigenvalue weighted by atomic mass is 9.86. The molecule has 44 heavy (non-hydrogen) atoms. The van der Waals surface area contributed by atoms with Gasteiger partial charge in [0.25, 0.3) is 0 Å². The van der Waals surface area contributed by atoms with Crippen molar-refractivity contribution in [3.8, 4) is 28.6 Å². The SMILES string of the molecule is COc1ccc(Cl)cc1CN1CCN(c2cc(Nc3ccc4c(c3)OCCO4)c3c4c(onc24)-c2ccccc2C3=O)CC1. The van der Waals surface area contributed by atoms with Gasteiger partial charge < -0.3 is 29.0 Å². The number of hydrogen-bond acceptors (Lipinski definition) is 9. The van der Waals surface area contributed by atoms with Crippen molar-refractivity contribution in [3.05, 3.63) is 88.4 Å². The molecule has 1 fully saturated rings. The molecule has 1 N–H and O–H groups in total. The number of piperazine rings is 1. The standard InChI is InChI=1S/C34H29ClN4O5/c1-41-27-8-6-21(35)16-20(27)19-38-10-12-39(13-11-38)26-18-25(36-22-7-9-28-29(17-22)43-15-14-42-28)30-31-32(26)37-44-34(31)24-5-3-2-4-23(24)33(30)40/h2-9,16-18,36H,10-15,19H2,1H3. The van der Waals surface area contributed by atoms with Crippen molar-refractivity contribution in [2.45, 2.75) is 6.54 Å². The molecule has 222 valence electrons. The number of ether oxygens (including phenoxy) is 3. The molecule has 3 aliphatic rings. The van der Waals surface area contributed by atoms with E-state index in [1.165, 1.54) is 0 Å². The number of carbonyl (C=O) groups is 1. The molecule has 1 aromatic heterocycles. The lowest BCUT2D eigenvalue weighted by Crippen LogP contribution is -2.46. The first-order valence-corrected chi connectivity index (χ1v) is 15.0. The number of ketones is 1. The van der Waals surface area contributed by atoms with Gasteiger partial charge in [-0.25, -0.2) is 0 Å². The monoisotopic (exact) mass is 608 g/mol. The maximum atomic E-state index is 14.0. The van der Waals surface area contributed by atoms with Gasteiger partial charge in [-0.15, -0.1) is 0 Å². The fourth-order valence-electron chi connectivity index (χ4n) is 6.42. The fourth-order valence-corrected chi connectivity index (χ4v) is 6.61. The second-order valence-electron chi connectivity index (χ2n) is 11.1. The summed E-state index contributed by atoms with van der Waals surface area (Å²) in [5, 5.41) is 9.50. The lowest BCUT2D eigenvalue weighted by Gasteiger charge is -2.36. The largest absolute Gasteiger partial charge is 0.496 e. The Balaban J connectivity index is 1.16. The van der Waals surface area contributed by atoms with Crippen LogP contribution in [0.3, 0.4) is 0 Å². The van der Waals surface area contributed by atoms with E-state index in [4.69, 9.17) is 30.3 Å². The van der Waals surface area contributed by atoms with E-state index in [0.29, 0.717) is 57.8 Å². The minimum Gasteiger partial charge on any atom is -0.496 e. The number of methoxy groups -OCH3 is 1. The molecule has 0 saturated carbocycles. The molecule has 4 aromatic carbocycles. The quantitative estimate of drug-likeness (QED) is 0.226. The van der Waals surface area contributed by atoms with Crippen LogP contribution in [0.5, 0.6) is 17.2 Å². The summed E-state index contributed by atoms with van der Waals surface area (Å²) in [6.45, 7) is 4.96. The van der Waals surface area contributed by atoms with Crippen molar-refractivity contribution >= 4 is 45.3 Å². The highest BCUT2D eigenvalue weighted by molar-refractivity contribution is 6.30. The van der Waals surface area contributed by atoms with Crippen LogP contribution in [0.25, 0.3) is 22.2 Å². The molecule has 0 spiro atoms. The average Bonchev–Trinajstić information content (AvgIpc) is 3.50. The van der Waals surface area contributed by atoms with Crippen molar-refractivity contribution < 1.29 is 23.5 Å². The number of halogens is 1. The summed E-state index contributed by atoms with van der Waals surface area (Å²) in [6.07, 6.45) is 0. The topological polar surface area (TPSA) is 89.3 Å². The molecule has 5 aromatic rings. The van der Waals surface area contributed by atoms with Crippen LogP contribution >= 0.6 is 11.6 Å². The van der Waals surface area contributed by atoms with E-state index in [0.717, 1.165) is 66.4 Å². The molecule has 1 aliphatic carbocycles. The third kappa shape index (κ3) is 4.51. The number of hydrogen-bond donors (Lipinski definition) is 1. The van der Waals surface area contributed by atoms with Crippen LogP contribution in [0.1, 0.15) is 21.5 Å². The second kappa shape index (κ2) is 10.8. The van der Waals surface area contributed by atoms with Gasteiger partial charge >= 0.3 is 0 Å². The number of aromatic nitrogens is 1. The predicted molar refractivity (Wildman–Crippen MR) is 169 cm³/mol. The molecule has 0 unspecified atom stereocenters. The third-order valence-electron chi connectivity index (χ3n) is 8.55.